The van der Waals surface area contributed by atoms with E-state index in [0.717, 1.165) is 38.5 Å². The molecule has 28 heavy (non-hydrogen) atoms. The molecular weight excluding hydrogens is 397 g/mol. The fraction of sp³-hybridized carbons (Fsp3) is 0.955. The second-order valence-electron chi connectivity index (χ2n) is 10.4. The molecule has 0 aromatic heterocycles. The summed E-state index contributed by atoms with van der Waals surface area (Å²) in [5.41, 5.74) is 0.0497. The van der Waals surface area contributed by atoms with Crippen LogP contribution in [0.3, 0.4) is 0 Å². The molecule has 4 nitrogen and oxygen atoms in total. The number of likely N-dealkylation sites (N-methyl/N-ethyl adjacent to an activating group) is 1. The number of esters is 1. The smallest absolute Gasteiger partial charge is 0.302 e. The minimum absolute atomic E-state index is 0.0649. The van der Waals surface area contributed by atoms with Gasteiger partial charge in [-0.05, 0) is 74.2 Å². The van der Waals surface area contributed by atoms with Crippen molar-refractivity contribution in [3.8, 4) is 0 Å². The maximum atomic E-state index is 11.5. The zero-order valence-electron chi connectivity index (χ0n) is 17.5. The van der Waals surface area contributed by atoms with Gasteiger partial charge in [-0.1, -0.05) is 13.8 Å². The average Bonchev–Trinajstić information content (AvgIpc) is 2.87. The Hall–Kier alpha value is -0.0300. The topological polar surface area (TPSA) is 58.6 Å². The second kappa shape index (κ2) is 7.00. The largest absolute Gasteiger partial charge is 0.462 e. The van der Waals surface area contributed by atoms with Crippen LogP contribution in [0.4, 0.5) is 0 Å². The van der Waals surface area contributed by atoms with Crippen molar-refractivity contribution in [1.29, 1.82) is 0 Å². The van der Waals surface area contributed by atoms with Crippen molar-refractivity contribution in [2.45, 2.75) is 94.2 Å². The predicted molar refractivity (Wildman–Crippen MR) is 112 cm³/mol. The Balaban J connectivity index is 1.64. The number of alkyl halides is 2. The van der Waals surface area contributed by atoms with Gasteiger partial charge in [0.05, 0.1) is 16.4 Å². The number of hydrogen-bond acceptors (Lipinski definition) is 4. The molecule has 0 amide bonds. The summed E-state index contributed by atoms with van der Waals surface area (Å²) in [5.74, 6) is 1.25. The molecular formula is C22H35Cl2NO3. The van der Waals surface area contributed by atoms with Crippen LogP contribution in [0.15, 0.2) is 0 Å². The van der Waals surface area contributed by atoms with Crippen LogP contribution in [0.5, 0.6) is 0 Å². The van der Waals surface area contributed by atoms with Crippen LogP contribution in [-0.4, -0.2) is 46.6 Å². The molecule has 0 aromatic carbocycles. The Morgan fingerprint density at radius 2 is 1.89 bits per heavy atom. The van der Waals surface area contributed by atoms with Crippen molar-refractivity contribution < 1.29 is 14.6 Å². The molecule has 4 rings (SSSR count). The Kier molecular flexibility index (Phi) is 5.30. The highest BCUT2D eigenvalue weighted by atomic mass is 35.5. The normalized spacial score (nSPS) is 55.8. The fourth-order valence-electron chi connectivity index (χ4n) is 8.02. The first kappa shape index (κ1) is 21.2. The molecule has 6 heteroatoms. The number of hydrogen-bond donors (Lipinski definition) is 2. The van der Waals surface area contributed by atoms with Gasteiger partial charge in [0, 0.05) is 19.4 Å². The molecule has 0 bridgehead atoms. The molecule has 10 atom stereocenters. The van der Waals surface area contributed by atoms with E-state index in [1.54, 1.807) is 0 Å². The number of aliphatic hydroxyl groups is 1. The summed E-state index contributed by atoms with van der Waals surface area (Å²) in [6.07, 6.45) is 6.03. The van der Waals surface area contributed by atoms with E-state index in [-0.39, 0.29) is 40.4 Å². The van der Waals surface area contributed by atoms with E-state index < -0.39 is 4.87 Å². The van der Waals surface area contributed by atoms with Crippen LogP contribution in [-0.2, 0) is 9.53 Å². The first-order chi connectivity index (χ1) is 13.1. The lowest BCUT2D eigenvalue weighted by molar-refractivity contribution is -0.156. The Bertz CT molecular complexity index is 647. The second-order valence-corrected chi connectivity index (χ2v) is 11.6. The Labute approximate surface area is 179 Å². The fourth-order valence-corrected chi connectivity index (χ4v) is 9.06. The third-order valence-corrected chi connectivity index (χ3v) is 10.9. The maximum Gasteiger partial charge on any atom is 0.302 e. The molecule has 0 aliphatic heterocycles. The molecule has 4 fully saturated rings. The molecule has 0 heterocycles. The van der Waals surface area contributed by atoms with Crippen LogP contribution in [0.2, 0.25) is 0 Å². The highest BCUT2D eigenvalue weighted by Crippen LogP contribution is 2.69. The van der Waals surface area contributed by atoms with Gasteiger partial charge in [0.1, 0.15) is 6.10 Å². The number of fused-ring (bicyclic) bond motifs is 5. The van der Waals surface area contributed by atoms with Gasteiger partial charge < -0.3 is 15.2 Å². The molecule has 0 radical (unpaired) electrons. The van der Waals surface area contributed by atoms with Gasteiger partial charge in [0.25, 0.3) is 0 Å². The molecule has 0 saturated heterocycles. The highest BCUT2D eigenvalue weighted by molar-refractivity contribution is 6.33. The van der Waals surface area contributed by atoms with E-state index in [1.165, 1.54) is 6.92 Å². The predicted octanol–water partition coefficient (Wildman–Crippen LogP) is 4.10. The third-order valence-electron chi connectivity index (χ3n) is 9.36. The first-order valence-electron chi connectivity index (χ1n) is 10.9. The minimum atomic E-state index is -0.540. The lowest BCUT2D eigenvalue weighted by Gasteiger charge is -2.65. The number of ether oxygens (including phenoxy) is 1. The number of aliphatic hydroxyl groups excluding tert-OH is 1. The van der Waals surface area contributed by atoms with Crippen molar-refractivity contribution in [3.05, 3.63) is 0 Å². The maximum absolute atomic E-state index is 11.5. The third kappa shape index (κ3) is 2.81. The standard InChI is InChI=1S/C22H35Cl2NO3/c1-12(26)28-13-5-8-21(3)15-6-7-20(2)16(10-17(27)19(20)25-4)14(15)9-18(23)22(21,24)11-13/h13-19,25,27H,5-11H2,1-4H3/t13?,14-,15-,16+,17?,18?,19?,20+,21-,22?/m1/s1. The van der Waals surface area contributed by atoms with Gasteiger partial charge in [-0.25, -0.2) is 0 Å². The molecule has 2 N–H and O–H groups in total. The van der Waals surface area contributed by atoms with E-state index in [4.69, 9.17) is 27.9 Å². The number of carbonyl (C=O) groups excluding carboxylic acids is 1. The van der Waals surface area contributed by atoms with E-state index in [1.807, 2.05) is 7.05 Å². The monoisotopic (exact) mass is 431 g/mol. The summed E-state index contributed by atoms with van der Waals surface area (Å²) in [6, 6.07) is 0.155. The number of nitrogens with one attached hydrogen (secondary N) is 1. The van der Waals surface area contributed by atoms with Crippen molar-refractivity contribution in [2.75, 3.05) is 7.05 Å². The lowest BCUT2D eigenvalue weighted by Crippen LogP contribution is -2.65. The van der Waals surface area contributed by atoms with E-state index in [2.05, 4.69) is 19.2 Å². The van der Waals surface area contributed by atoms with Crippen LogP contribution >= 0.6 is 23.2 Å². The molecule has 0 aromatic rings. The van der Waals surface area contributed by atoms with Crippen LogP contribution in [0.25, 0.3) is 0 Å². The quantitative estimate of drug-likeness (QED) is 0.510. The molecule has 0 spiro atoms. The zero-order chi connectivity index (χ0) is 20.5. The van der Waals surface area contributed by atoms with Gasteiger partial charge in [-0.2, -0.15) is 0 Å². The van der Waals surface area contributed by atoms with Gasteiger partial charge in [0.15, 0.2) is 0 Å². The van der Waals surface area contributed by atoms with E-state index in [0.29, 0.717) is 24.2 Å². The van der Waals surface area contributed by atoms with Gasteiger partial charge in [0.2, 0.25) is 0 Å². The van der Waals surface area contributed by atoms with Gasteiger partial charge >= 0.3 is 5.97 Å². The lowest BCUT2D eigenvalue weighted by atomic mass is 9.44. The zero-order valence-corrected chi connectivity index (χ0v) is 19.0. The molecule has 4 aliphatic carbocycles. The molecule has 4 saturated carbocycles. The van der Waals surface area contributed by atoms with Gasteiger partial charge in [-0.15, -0.1) is 23.2 Å². The summed E-state index contributed by atoms with van der Waals surface area (Å²) in [6.45, 7) is 6.16. The SMILES string of the molecule is CNC1C(O)C[C@H]2[C@@H]3CC(Cl)C4(Cl)CC(OC(C)=O)CC[C@]4(C)[C@@H]3CC[C@]12C. The van der Waals surface area contributed by atoms with E-state index in [9.17, 15) is 9.90 Å². The Morgan fingerprint density at radius 1 is 1.18 bits per heavy atom. The Morgan fingerprint density at radius 3 is 2.54 bits per heavy atom. The van der Waals surface area contributed by atoms with Crippen molar-refractivity contribution in [3.63, 3.8) is 0 Å². The van der Waals surface area contributed by atoms with Crippen molar-refractivity contribution in [2.24, 2.45) is 28.6 Å². The van der Waals surface area contributed by atoms with Crippen LogP contribution in [0.1, 0.15) is 65.7 Å². The highest BCUT2D eigenvalue weighted by Gasteiger charge is 2.68. The summed E-state index contributed by atoms with van der Waals surface area (Å²) in [5, 5.41) is 14.0. The van der Waals surface area contributed by atoms with Crippen LogP contribution in [0, 0.1) is 28.6 Å². The molecule has 160 valence electrons. The van der Waals surface area contributed by atoms with Gasteiger partial charge in [-0.3, -0.25) is 4.79 Å². The summed E-state index contributed by atoms with van der Waals surface area (Å²) < 4.78 is 5.54. The van der Waals surface area contributed by atoms with Crippen LogP contribution < -0.4 is 5.32 Å². The molecule has 4 aliphatic rings. The van der Waals surface area contributed by atoms with Crippen molar-refractivity contribution in [1.82, 2.24) is 5.32 Å². The summed E-state index contributed by atoms with van der Waals surface area (Å²) in [7, 11) is 1.97. The summed E-state index contributed by atoms with van der Waals surface area (Å²) >= 11 is 14.4. The number of carbonyl (C=O) groups is 1. The number of rotatable bonds is 2. The van der Waals surface area contributed by atoms with E-state index >= 15 is 0 Å². The summed E-state index contributed by atoms with van der Waals surface area (Å²) in [4.78, 5) is 10.9. The average molecular weight is 432 g/mol. The minimum Gasteiger partial charge on any atom is -0.462 e. The van der Waals surface area contributed by atoms with Crippen molar-refractivity contribution >= 4 is 29.2 Å². The number of halogens is 2. The first-order valence-corrected chi connectivity index (χ1v) is 11.7. The molecule has 5 unspecified atom stereocenters.